The van der Waals surface area contributed by atoms with Crippen LogP contribution in [0.3, 0.4) is 0 Å². The summed E-state index contributed by atoms with van der Waals surface area (Å²) in [6.07, 6.45) is 0. The van der Waals surface area contributed by atoms with Crippen molar-refractivity contribution in [3.63, 3.8) is 0 Å². The van der Waals surface area contributed by atoms with Crippen LogP contribution in [0.1, 0.15) is 13.8 Å². The van der Waals surface area contributed by atoms with Gasteiger partial charge in [-0.15, -0.1) is 10.2 Å². The van der Waals surface area contributed by atoms with Gasteiger partial charge in [0.1, 0.15) is 28.3 Å². The van der Waals surface area contributed by atoms with Crippen molar-refractivity contribution in [2.24, 2.45) is 10.2 Å². The van der Waals surface area contributed by atoms with Crippen molar-refractivity contribution in [2.45, 2.75) is 18.7 Å². The molecule has 0 atom stereocenters. The summed E-state index contributed by atoms with van der Waals surface area (Å²) < 4.78 is 10.1. The molecular formula is C21H21N7O8S. The van der Waals surface area contributed by atoms with Gasteiger partial charge in [0.25, 0.3) is 5.69 Å². The van der Waals surface area contributed by atoms with E-state index in [0.29, 0.717) is 30.1 Å². The first-order chi connectivity index (χ1) is 17.6. The van der Waals surface area contributed by atoms with Gasteiger partial charge in [0.15, 0.2) is 5.69 Å². The number of esters is 1. The highest BCUT2D eigenvalue weighted by atomic mass is 32.2. The molecule has 1 amide bonds. The van der Waals surface area contributed by atoms with Gasteiger partial charge < -0.3 is 19.7 Å². The van der Waals surface area contributed by atoms with Gasteiger partial charge in [0.05, 0.1) is 41.5 Å². The molecule has 0 fully saturated rings. The molecule has 0 radical (unpaired) electrons. The van der Waals surface area contributed by atoms with E-state index in [1.165, 1.54) is 33.3 Å². The fourth-order valence-corrected chi connectivity index (χ4v) is 3.59. The zero-order chi connectivity index (χ0) is 27.7. The minimum atomic E-state index is -0.869. The maximum absolute atomic E-state index is 11.8. The van der Waals surface area contributed by atoms with Gasteiger partial charge >= 0.3 is 11.7 Å². The number of likely N-dealkylation sites (N-methyl/N-ethyl adjacent to an activating group) is 1. The van der Waals surface area contributed by atoms with Gasteiger partial charge in [0, 0.05) is 19.5 Å². The normalized spacial score (nSPS) is 10.5. The van der Waals surface area contributed by atoms with Crippen molar-refractivity contribution in [3.05, 3.63) is 44.5 Å². The lowest BCUT2D eigenvalue weighted by atomic mass is 10.2. The fraction of sp³-hybridized carbons (Fsp3) is 0.286. The van der Waals surface area contributed by atoms with Gasteiger partial charge in [-0.3, -0.25) is 29.8 Å². The van der Waals surface area contributed by atoms with E-state index in [1.54, 1.807) is 17.2 Å². The number of rotatable bonds is 11. The van der Waals surface area contributed by atoms with E-state index in [0.717, 1.165) is 6.07 Å². The number of nitriles is 1. The molecule has 0 saturated heterocycles. The lowest BCUT2D eigenvalue weighted by molar-refractivity contribution is -0.395. The third-order valence-electron chi connectivity index (χ3n) is 4.75. The molecule has 0 unspecified atom stereocenters. The summed E-state index contributed by atoms with van der Waals surface area (Å²) in [7, 11) is 2.62. The van der Waals surface area contributed by atoms with Crippen molar-refractivity contribution >= 4 is 57.8 Å². The summed E-state index contributed by atoms with van der Waals surface area (Å²) in [5.74, 6) is -0.726. The van der Waals surface area contributed by atoms with Crippen LogP contribution in [0.4, 0.5) is 34.1 Å². The van der Waals surface area contributed by atoms with Gasteiger partial charge in [-0.05, 0) is 30.8 Å². The number of amides is 1. The van der Waals surface area contributed by atoms with Crippen LogP contribution in [0.2, 0.25) is 0 Å². The number of thioether (sulfide) groups is 1. The molecule has 0 aliphatic rings. The maximum atomic E-state index is 11.8. The fourth-order valence-electron chi connectivity index (χ4n) is 3.08. The van der Waals surface area contributed by atoms with Crippen LogP contribution >= 0.6 is 11.8 Å². The van der Waals surface area contributed by atoms with Crippen LogP contribution in [-0.4, -0.2) is 49.0 Å². The molecule has 194 valence electrons. The SMILES string of the molecule is CCN(CC(=O)OC)c1cc(NC(C)=O)c(N=Nc2cc(SC#N)c([N+](=O)[O-])cc2[N+](=O)[O-])cc1OC. The van der Waals surface area contributed by atoms with Crippen LogP contribution in [0.25, 0.3) is 0 Å². The number of anilines is 2. The molecule has 2 aromatic carbocycles. The minimum Gasteiger partial charge on any atom is -0.494 e. The van der Waals surface area contributed by atoms with Crippen molar-refractivity contribution in [2.75, 3.05) is 37.5 Å². The highest BCUT2D eigenvalue weighted by Gasteiger charge is 2.25. The number of carbonyl (C=O) groups is 2. The van der Waals surface area contributed by atoms with Crippen molar-refractivity contribution in [1.29, 1.82) is 5.26 Å². The molecular weight excluding hydrogens is 510 g/mol. The number of nitro groups is 2. The number of carbonyl (C=O) groups excluding carboxylic acids is 2. The zero-order valence-corrected chi connectivity index (χ0v) is 20.9. The number of nitrogens with zero attached hydrogens (tertiary/aromatic N) is 6. The highest BCUT2D eigenvalue weighted by Crippen LogP contribution is 2.42. The van der Waals surface area contributed by atoms with E-state index in [2.05, 4.69) is 15.5 Å². The molecule has 0 aliphatic carbocycles. The third-order valence-corrected chi connectivity index (χ3v) is 5.39. The average Bonchev–Trinajstić information content (AvgIpc) is 2.85. The number of nitrogens with one attached hydrogen (secondary N) is 1. The molecule has 16 heteroatoms. The van der Waals surface area contributed by atoms with E-state index in [1.807, 2.05) is 0 Å². The molecule has 0 bridgehead atoms. The molecule has 37 heavy (non-hydrogen) atoms. The largest absolute Gasteiger partial charge is 0.494 e. The first kappa shape index (κ1) is 28.5. The Balaban J connectivity index is 2.70. The van der Waals surface area contributed by atoms with E-state index in [9.17, 15) is 29.8 Å². The Morgan fingerprint density at radius 3 is 2.27 bits per heavy atom. The number of benzene rings is 2. The number of azo groups is 1. The second-order valence-corrected chi connectivity index (χ2v) is 7.86. The Bertz CT molecular complexity index is 1310. The van der Waals surface area contributed by atoms with Gasteiger partial charge in [-0.2, -0.15) is 5.26 Å². The quantitative estimate of drug-likeness (QED) is 0.107. The van der Waals surface area contributed by atoms with Gasteiger partial charge in [-0.1, -0.05) is 0 Å². The van der Waals surface area contributed by atoms with Crippen LogP contribution in [0.15, 0.2) is 39.4 Å². The predicted octanol–water partition coefficient (Wildman–Crippen LogP) is 4.46. The maximum Gasteiger partial charge on any atom is 0.325 e. The molecule has 0 heterocycles. The summed E-state index contributed by atoms with van der Waals surface area (Å²) in [4.78, 5) is 46.3. The van der Waals surface area contributed by atoms with Crippen molar-refractivity contribution in [3.8, 4) is 11.2 Å². The van der Waals surface area contributed by atoms with E-state index < -0.39 is 33.1 Å². The summed E-state index contributed by atoms with van der Waals surface area (Å²) in [5, 5.41) is 44.0. The van der Waals surface area contributed by atoms with E-state index in [4.69, 9.17) is 14.7 Å². The van der Waals surface area contributed by atoms with Crippen LogP contribution < -0.4 is 15.0 Å². The van der Waals surface area contributed by atoms with Crippen molar-refractivity contribution in [1.82, 2.24) is 0 Å². The van der Waals surface area contributed by atoms with E-state index >= 15 is 0 Å². The lowest BCUT2D eigenvalue weighted by Gasteiger charge is -2.25. The molecule has 1 N–H and O–H groups in total. The standard InChI is InChI=1S/C21H21N7O8S/c1-5-26(10-21(30)36-4)17-6-13(23-12(2)29)14(7-19(17)35-3)24-25-15-8-20(37-11-22)18(28(33)34)9-16(15)27(31)32/h6-9H,5,10H2,1-4H3,(H,23,29). The average molecular weight is 532 g/mol. The smallest absolute Gasteiger partial charge is 0.325 e. The third kappa shape index (κ3) is 7.11. The van der Waals surface area contributed by atoms with E-state index in [-0.39, 0.29) is 34.3 Å². The molecule has 0 spiro atoms. The summed E-state index contributed by atoms with van der Waals surface area (Å²) in [5.41, 5.74) is -1.10. The second-order valence-electron chi connectivity index (χ2n) is 7.03. The number of thiocyanates is 1. The number of ether oxygens (including phenoxy) is 2. The number of hydrogen-bond donors (Lipinski definition) is 1. The summed E-state index contributed by atoms with van der Waals surface area (Å²) in [6, 6.07) is 4.58. The van der Waals surface area contributed by atoms with Crippen molar-refractivity contribution < 1.29 is 28.9 Å². The van der Waals surface area contributed by atoms with Gasteiger partial charge in [0.2, 0.25) is 5.91 Å². The number of methoxy groups -OCH3 is 2. The Labute approximate surface area is 214 Å². The molecule has 15 nitrogen and oxygen atoms in total. The van der Waals surface area contributed by atoms with Crippen LogP contribution in [0.5, 0.6) is 5.75 Å². The molecule has 0 aliphatic heterocycles. The predicted molar refractivity (Wildman–Crippen MR) is 133 cm³/mol. The topological polar surface area (TPSA) is 203 Å². The first-order valence-electron chi connectivity index (χ1n) is 10.3. The Hall–Kier alpha value is -4.78. The molecule has 2 aromatic rings. The molecule has 0 aromatic heterocycles. The number of nitro benzene ring substituents is 2. The zero-order valence-electron chi connectivity index (χ0n) is 20.1. The first-order valence-corrected chi connectivity index (χ1v) is 11.1. The second kappa shape index (κ2) is 12.8. The molecule has 2 rings (SSSR count). The van der Waals surface area contributed by atoms with Gasteiger partial charge in [-0.25, -0.2) is 0 Å². The van der Waals surface area contributed by atoms with Crippen LogP contribution in [0, 0.1) is 30.9 Å². The monoisotopic (exact) mass is 531 g/mol. The number of hydrogen-bond acceptors (Lipinski definition) is 13. The Kier molecular flexibility index (Phi) is 9.83. The highest BCUT2D eigenvalue weighted by molar-refractivity contribution is 8.03. The minimum absolute atomic E-state index is 0.0343. The Morgan fingerprint density at radius 1 is 1.11 bits per heavy atom. The lowest BCUT2D eigenvalue weighted by Crippen LogP contribution is -2.30. The molecule has 0 saturated carbocycles. The van der Waals surface area contributed by atoms with Crippen LogP contribution in [-0.2, 0) is 14.3 Å². The Morgan fingerprint density at radius 2 is 1.76 bits per heavy atom. The summed E-state index contributed by atoms with van der Waals surface area (Å²) >= 11 is 0.438. The summed E-state index contributed by atoms with van der Waals surface area (Å²) in [6.45, 7) is 3.31.